The molecule has 4 aromatic carbocycles. The van der Waals surface area contributed by atoms with E-state index in [9.17, 15) is 0 Å². The van der Waals surface area contributed by atoms with Crippen LogP contribution in [0.2, 0.25) is 0 Å². The number of hydrogen-bond acceptors (Lipinski definition) is 2. The van der Waals surface area contributed by atoms with E-state index in [1.54, 1.807) is 14.4 Å². The van der Waals surface area contributed by atoms with Gasteiger partial charge >= 0.3 is 226 Å². The molecule has 0 saturated heterocycles. The summed E-state index contributed by atoms with van der Waals surface area (Å²) in [5, 5.41) is 0. The Kier molecular flexibility index (Phi) is 9.74. The van der Waals surface area contributed by atoms with E-state index in [-0.39, 0.29) is 66.7 Å². The molecule has 0 bridgehead atoms. The van der Waals surface area contributed by atoms with Gasteiger partial charge in [-0.15, -0.1) is 0 Å². The SMILES string of the molecule is Cc1ccc2c(c1)[Te]c1cc(C)ccc1N2C.Cc1ccc2c(c1)[Te]c1cc(C)ccc1N2C.[Cl-].[Cl-]. The zero-order valence-electron chi connectivity index (χ0n) is 21.4. The Morgan fingerprint density at radius 1 is 0.417 bits per heavy atom. The van der Waals surface area contributed by atoms with E-state index >= 15 is 0 Å². The van der Waals surface area contributed by atoms with Crippen molar-refractivity contribution in [2.45, 2.75) is 27.7 Å². The molecule has 2 heterocycles. The van der Waals surface area contributed by atoms with Crippen LogP contribution in [0.3, 0.4) is 0 Å². The van der Waals surface area contributed by atoms with Gasteiger partial charge in [0, 0.05) is 0 Å². The number of hydrogen-bond donors (Lipinski definition) is 0. The van der Waals surface area contributed by atoms with Crippen molar-refractivity contribution < 1.29 is 24.8 Å². The van der Waals surface area contributed by atoms with Gasteiger partial charge in [-0.05, 0) is 0 Å². The van der Waals surface area contributed by atoms with Crippen LogP contribution in [0, 0.1) is 27.7 Å². The molecule has 0 N–H and O–H groups in total. The molecule has 0 aliphatic carbocycles. The van der Waals surface area contributed by atoms with Crippen molar-refractivity contribution >= 4 is 79.0 Å². The third kappa shape index (κ3) is 5.86. The maximum Gasteiger partial charge on any atom is -1.00 e. The Morgan fingerprint density at radius 3 is 0.861 bits per heavy atom. The third-order valence-electron chi connectivity index (χ3n) is 6.35. The molecule has 0 aromatic heterocycles. The first-order valence-corrected chi connectivity index (χ1v) is 16.2. The van der Waals surface area contributed by atoms with Crippen LogP contribution in [0.1, 0.15) is 22.3 Å². The van der Waals surface area contributed by atoms with Crippen LogP contribution in [0.25, 0.3) is 0 Å². The third-order valence-corrected chi connectivity index (χ3v) is 12.6. The van der Waals surface area contributed by atoms with Gasteiger partial charge in [-0.1, -0.05) is 0 Å². The van der Waals surface area contributed by atoms with E-state index < -0.39 is 0 Å². The fraction of sp³-hybridized carbons (Fsp3) is 0.200. The van der Waals surface area contributed by atoms with Gasteiger partial charge in [0.2, 0.25) is 0 Å². The van der Waals surface area contributed by atoms with Crippen molar-refractivity contribution in [1.29, 1.82) is 0 Å². The minimum absolute atomic E-state index is 0. The molecule has 2 aliphatic heterocycles. The van der Waals surface area contributed by atoms with Crippen LogP contribution >= 0.6 is 0 Å². The smallest absolute Gasteiger partial charge is 1.00 e. The molecule has 0 fully saturated rings. The van der Waals surface area contributed by atoms with E-state index in [1.165, 1.54) is 45.0 Å². The van der Waals surface area contributed by atoms with Gasteiger partial charge in [-0.25, -0.2) is 0 Å². The van der Waals surface area contributed by atoms with E-state index in [1.807, 2.05) is 0 Å². The Labute approximate surface area is 248 Å². The zero-order chi connectivity index (χ0) is 24.0. The molecule has 0 atom stereocenters. The topological polar surface area (TPSA) is 6.48 Å². The molecule has 2 aliphatic rings. The summed E-state index contributed by atoms with van der Waals surface area (Å²) in [6, 6.07) is 27.3. The standard InChI is InChI=1S/2C15H15NTe.2ClH/c2*1-10-4-6-12-14(8-10)17-15-9-11(2)5-7-13(15)16(12)3;;/h2*4-9H,1-3H3;2*1H/p-2. The first-order chi connectivity index (χ1) is 16.3. The van der Waals surface area contributed by atoms with Gasteiger partial charge < -0.3 is 24.8 Å². The number of halogens is 2. The van der Waals surface area contributed by atoms with Crippen molar-refractivity contribution in [2.24, 2.45) is 0 Å². The molecule has 188 valence electrons. The molecule has 4 aromatic rings. The van der Waals surface area contributed by atoms with Crippen molar-refractivity contribution in [3.8, 4) is 0 Å². The fourth-order valence-corrected chi connectivity index (χ4v) is 12.1. The molecule has 36 heavy (non-hydrogen) atoms. The summed E-state index contributed by atoms with van der Waals surface area (Å²) in [7, 11) is 4.35. The number of benzene rings is 4. The predicted molar refractivity (Wildman–Crippen MR) is 151 cm³/mol. The minimum atomic E-state index is -0.224. The summed E-state index contributed by atoms with van der Waals surface area (Å²) in [5.41, 5.74) is 11.1. The molecule has 2 nitrogen and oxygen atoms in total. The molecule has 0 amide bonds. The van der Waals surface area contributed by atoms with Gasteiger partial charge in [0.25, 0.3) is 0 Å². The second-order valence-electron chi connectivity index (χ2n) is 9.21. The maximum atomic E-state index is 2.36. The van der Waals surface area contributed by atoms with E-state index in [0.29, 0.717) is 0 Å². The average Bonchev–Trinajstić information content (AvgIpc) is 2.79. The molecule has 0 spiro atoms. The number of anilines is 4. The molecule has 6 rings (SSSR count). The summed E-state index contributed by atoms with van der Waals surface area (Å²) in [6.07, 6.45) is 0. The normalized spacial score (nSPS) is 12.5. The summed E-state index contributed by atoms with van der Waals surface area (Å²) in [6.45, 7) is 8.72. The average molecular weight is 745 g/mol. The van der Waals surface area contributed by atoms with Crippen molar-refractivity contribution in [2.75, 3.05) is 23.9 Å². The van der Waals surface area contributed by atoms with Gasteiger partial charge in [0.05, 0.1) is 0 Å². The van der Waals surface area contributed by atoms with Crippen LogP contribution in [0.5, 0.6) is 0 Å². The van der Waals surface area contributed by atoms with Gasteiger partial charge in [0.1, 0.15) is 0 Å². The van der Waals surface area contributed by atoms with Crippen LogP contribution < -0.4 is 49.1 Å². The monoisotopic (exact) mass is 748 g/mol. The Hall–Kier alpha value is -1.36. The quantitative estimate of drug-likeness (QED) is 0.194. The summed E-state index contributed by atoms with van der Waals surface area (Å²) >= 11 is -0.447. The first-order valence-electron chi connectivity index (χ1n) is 11.6. The van der Waals surface area contributed by atoms with Crippen LogP contribution in [0.4, 0.5) is 22.7 Å². The number of nitrogens with zero attached hydrogens (tertiary/aromatic N) is 2. The van der Waals surface area contributed by atoms with Gasteiger partial charge in [0.15, 0.2) is 0 Å². The number of aryl methyl sites for hydroxylation is 4. The van der Waals surface area contributed by atoms with E-state index in [0.717, 1.165) is 0 Å². The second kappa shape index (κ2) is 12.0. The second-order valence-corrected chi connectivity index (χ2v) is 15.4. The molecular formula is C30H30Cl2N2Te2-2. The molecule has 0 unspecified atom stereocenters. The zero-order valence-corrected chi connectivity index (χ0v) is 27.6. The molecule has 0 radical (unpaired) electrons. The van der Waals surface area contributed by atoms with Crippen molar-refractivity contribution in [3.63, 3.8) is 0 Å². The van der Waals surface area contributed by atoms with Crippen LogP contribution in [0.15, 0.2) is 72.8 Å². The van der Waals surface area contributed by atoms with Crippen LogP contribution in [-0.2, 0) is 0 Å². The predicted octanol–water partition coefficient (Wildman–Crippen LogP) is -1.91. The number of fused-ring (bicyclic) bond motifs is 4. The first kappa shape index (κ1) is 29.2. The van der Waals surface area contributed by atoms with Crippen LogP contribution in [-0.4, -0.2) is 55.9 Å². The Balaban J connectivity index is 0.000000190. The summed E-state index contributed by atoms with van der Waals surface area (Å²) in [4.78, 5) is 4.66. The number of rotatable bonds is 0. The van der Waals surface area contributed by atoms with E-state index in [4.69, 9.17) is 0 Å². The Morgan fingerprint density at radius 2 is 0.639 bits per heavy atom. The Bertz CT molecular complexity index is 1190. The van der Waals surface area contributed by atoms with Crippen molar-refractivity contribution in [1.82, 2.24) is 0 Å². The van der Waals surface area contributed by atoms with E-state index in [2.05, 4.69) is 124 Å². The van der Waals surface area contributed by atoms with Gasteiger partial charge in [-0.2, -0.15) is 0 Å². The largest absolute Gasteiger partial charge is 1.00 e. The molecule has 6 heteroatoms. The molecular weight excluding hydrogens is 714 g/mol. The maximum absolute atomic E-state index is 2.36. The van der Waals surface area contributed by atoms with Gasteiger partial charge in [-0.3, -0.25) is 0 Å². The summed E-state index contributed by atoms with van der Waals surface area (Å²) < 4.78 is 6.26. The minimum Gasteiger partial charge on any atom is -1.00 e. The van der Waals surface area contributed by atoms with Crippen molar-refractivity contribution in [3.05, 3.63) is 95.1 Å². The fourth-order valence-electron chi connectivity index (χ4n) is 4.42. The molecule has 0 saturated carbocycles. The summed E-state index contributed by atoms with van der Waals surface area (Å²) in [5.74, 6) is 0.